The van der Waals surface area contributed by atoms with Crippen LogP contribution in [0.1, 0.15) is 17.0 Å². The van der Waals surface area contributed by atoms with Gasteiger partial charge in [-0.3, -0.25) is 0 Å². The van der Waals surface area contributed by atoms with E-state index in [1.807, 2.05) is 34.5 Å². The maximum atomic E-state index is 5.80. The Kier molecular flexibility index (Phi) is 6.54. The minimum Gasteiger partial charge on any atom is -0.418 e. The van der Waals surface area contributed by atoms with Crippen LogP contribution >= 0.6 is 23.6 Å². The van der Waals surface area contributed by atoms with Crippen molar-refractivity contribution in [3.63, 3.8) is 0 Å². The molecule has 2 aromatic heterocycles. The molecule has 3 aromatic rings. The summed E-state index contributed by atoms with van der Waals surface area (Å²) in [6.45, 7) is 5.73. The van der Waals surface area contributed by atoms with Crippen molar-refractivity contribution in [2.45, 2.75) is 20.4 Å². The van der Waals surface area contributed by atoms with Gasteiger partial charge in [0.25, 0.3) is 5.89 Å². The zero-order valence-electron chi connectivity index (χ0n) is 15.6. The first-order valence-corrected chi connectivity index (χ1v) is 9.84. The number of rotatable bonds is 7. The minimum atomic E-state index is 0.415. The van der Waals surface area contributed by atoms with Gasteiger partial charge in [0, 0.05) is 19.3 Å². The summed E-state index contributed by atoms with van der Waals surface area (Å²) in [6.07, 6.45) is 0. The lowest BCUT2D eigenvalue weighted by Gasteiger charge is -2.25. The van der Waals surface area contributed by atoms with Crippen LogP contribution in [0.25, 0.3) is 10.8 Å². The Labute approximate surface area is 168 Å². The van der Waals surface area contributed by atoms with Crippen LogP contribution in [0.5, 0.6) is 0 Å². The van der Waals surface area contributed by atoms with Crippen molar-refractivity contribution in [2.24, 2.45) is 0 Å². The first-order chi connectivity index (χ1) is 13.1. The second-order valence-electron chi connectivity index (χ2n) is 6.07. The van der Waals surface area contributed by atoms with E-state index in [4.69, 9.17) is 21.4 Å². The molecule has 0 spiro atoms. The van der Waals surface area contributed by atoms with E-state index in [0.29, 0.717) is 36.6 Å². The highest BCUT2D eigenvalue weighted by Gasteiger charge is 2.16. The van der Waals surface area contributed by atoms with Gasteiger partial charge in [0.05, 0.1) is 18.0 Å². The van der Waals surface area contributed by atoms with Gasteiger partial charge in [-0.05, 0) is 54.7 Å². The van der Waals surface area contributed by atoms with Crippen LogP contribution in [-0.4, -0.2) is 40.5 Å². The van der Waals surface area contributed by atoms with Crippen LogP contribution in [-0.2, 0) is 11.3 Å². The van der Waals surface area contributed by atoms with Gasteiger partial charge in [0.1, 0.15) is 0 Å². The number of nitrogens with zero attached hydrogens (tertiary/aromatic N) is 3. The number of ether oxygens (including phenoxy) is 1. The first kappa shape index (κ1) is 19.5. The SMILES string of the molecule is COCCN(Cc1nnc(-c2cccs2)o1)C(=S)Nc1cccc(C)c1C. The highest BCUT2D eigenvalue weighted by atomic mass is 32.1. The second kappa shape index (κ2) is 9.07. The Morgan fingerprint density at radius 2 is 2.11 bits per heavy atom. The number of benzene rings is 1. The van der Waals surface area contributed by atoms with Gasteiger partial charge in [-0.15, -0.1) is 21.5 Å². The number of hydrogen-bond acceptors (Lipinski definition) is 6. The van der Waals surface area contributed by atoms with E-state index in [2.05, 4.69) is 35.4 Å². The summed E-state index contributed by atoms with van der Waals surface area (Å²) in [5.41, 5.74) is 3.38. The number of aryl methyl sites for hydroxylation is 1. The molecule has 1 aromatic carbocycles. The lowest BCUT2D eigenvalue weighted by molar-refractivity contribution is 0.172. The van der Waals surface area contributed by atoms with Crippen LogP contribution < -0.4 is 5.32 Å². The molecule has 1 N–H and O–H groups in total. The van der Waals surface area contributed by atoms with Crippen molar-refractivity contribution < 1.29 is 9.15 Å². The van der Waals surface area contributed by atoms with Crippen molar-refractivity contribution in [1.29, 1.82) is 0 Å². The van der Waals surface area contributed by atoms with Gasteiger partial charge < -0.3 is 19.4 Å². The van der Waals surface area contributed by atoms with Crippen molar-refractivity contribution >= 4 is 34.4 Å². The number of hydrogen-bond donors (Lipinski definition) is 1. The Bertz CT molecular complexity index is 893. The second-order valence-corrected chi connectivity index (χ2v) is 7.40. The first-order valence-electron chi connectivity index (χ1n) is 8.56. The number of anilines is 1. The summed E-state index contributed by atoms with van der Waals surface area (Å²) in [5, 5.41) is 14.2. The Morgan fingerprint density at radius 1 is 1.26 bits per heavy atom. The molecule has 0 aliphatic carbocycles. The van der Waals surface area contributed by atoms with E-state index in [0.717, 1.165) is 10.6 Å². The van der Waals surface area contributed by atoms with Crippen LogP contribution in [0.3, 0.4) is 0 Å². The third-order valence-corrected chi connectivity index (χ3v) is 5.44. The number of methoxy groups -OCH3 is 1. The fraction of sp³-hybridized carbons (Fsp3) is 0.316. The zero-order chi connectivity index (χ0) is 19.2. The van der Waals surface area contributed by atoms with Gasteiger partial charge in [0.2, 0.25) is 5.89 Å². The fourth-order valence-corrected chi connectivity index (χ4v) is 3.43. The summed E-state index contributed by atoms with van der Waals surface area (Å²) in [7, 11) is 1.67. The number of thiophene rings is 1. The predicted molar refractivity (Wildman–Crippen MR) is 112 cm³/mol. The molecule has 0 radical (unpaired) electrons. The molecule has 0 fully saturated rings. The maximum absolute atomic E-state index is 5.80. The summed E-state index contributed by atoms with van der Waals surface area (Å²) in [6, 6.07) is 10.0. The third kappa shape index (κ3) is 4.91. The van der Waals surface area contributed by atoms with E-state index in [9.17, 15) is 0 Å². The highest BCUT2D eigenvalue weighted by molar-refractivity contribution is 7.80. The largest absolute Gasteiger partial charge is 0.418 e. The summed E-state index contributed by atoms with van der Waals surface area (Å²) in [5.74, 6) is 1.04. The molecule has 27 heavy (non-hydrogen) atoms. The van der Waals surface area contributed by atoms with Gasteiger partial charge in [-0.1, -0.05) is 18.2 Å². The van der Waals surface area contributed by atoms with Gasteiger partial charge >= 0.3 is 0 Å². The minimum absolute atomic E-state index is 0.415. The van der Waals surface area contributed by atoms with Gasteiger partial charge in [0.15, 0.2) is 5.11 Å². The molecule has 0 aliphatic rings. The maximum Gasteiger partial charge on any atom is 0.257 e. The lowest BCUT2D eigenvalue weighted by Crippen LogP contribution is -2.37. The van der Waals surface area contributed by atoms with Crippen molar-refractivity contribution in [3.05, 3.63) is 52.7 Å². The molecule has 8 heteroatoms. The van der Waals surface area contributed by atoms with Crippen LogP contribution in [0.15, 0.2) is 40.1 Å². The molecule has 0 amide bonds. The number of nitrogens with one attached hydrogen (secondary N) is 1. The molecule has 0 bridgehead atoms. The van der Waals surface area contributed by atoms with Crippen LogP contribution in [0.4, 0.5) is 5.69 Å². The zero-order valence-corrected chi connectivity index (χ0v) is 17.2. The molecule has 0 saturated carbocycles. The Hall–Kier alpha value is -2.29. The summed E-state index contributed by atoms with van der Waals surface area (Å²) < 4.78 is 11.0. The molecule has 2 heterocycles. The summed E-state index contributed by atoms with van der Waals surface area (Å²) in [4.78, 5) is 2.92. The molecule has 142 valence electrons. The molecule has 0 atom stereocenters. The van der Waals surface area contributed by atoms with E-state index < -0.39 is 0 Å². The normalized spacial score (nSPS) is 10.8. The predicted octanol–water partition coefficient (Wildman–Crippen LogP) is 4.26. The molecule has 0 aliphatic heterocycles. The molecular formula is C19H22N4O2S2. The van der Waals surface area contributed by atoms with Gasteiger partial charge in [-0.2, -0.15) is 0 Å². The lowest BCUT2D eigenvalue weighted by atomic mass is 10.1. The molecular weight excluding hydrogens is 380 g/mol. The van der Waals surface area contributed by atoms with E-state index in [1.165, 1.54) is 11.1 Å². The topological polar surface area (TPSA) is 63.4 Å². The average molecular weight is 403 g/mol. The monoisotopic (exact) mass is 402 g/mol. The van der Waals surface area contributed by atoms with Gasteiger partial charge in [-0.25, -0.2) is 0 Å². The van der Waals surface area contributed by atoms with Crippen molar-refractivity contribution in [3.8, 4) is 10.8 Å². The quantitative estimate of drug-likeness (QED) is 0.592. The fourth-order valence-electron chi connectivity index (χ4n) is 2.52. The van der Waals surface area contributed by atoms with Crippen molar-refractivity contribution in [2.75, 3.05) is 25.6 Å². The van der Waals surface area contributed by atoms with E-state index in [1.54, 1.807) is 18.4 Å². The smallest absolute Gasteiger partial charge is 0.257 e. The van der Waals surface area contributed by atoms with E-state index >= 15 is 0 Å². The standard InChI is InChI=1S/C19H22N4O2S2/c1-13-6-4-7-15(14(13)2)20-19(26)23(9-10-24-3)12-17-21-22-18(25-17)16-8-5-11-27-16/h4-8,11H,9-10,12H2,1-3H3,(H,20,26). The number of aromatic nitrogens is 2. The molecule has 6 nitrogen and oxygen atoms in total. The van der Waals surface area contributed by atoms with E-state index in [-0.39, 0.29) is 0 Å². The highest BCUT2D eigenvalue weighted by Crippen LogP contribution is 2.23. The molecule has 0 saturated heterocycles. The molecule has 0 unspecified atom stereocenters. The van der Waals surface area contributed by atoms with Crippen LogP contribution in [0, 0.1) is 13.8 Å². The van der Waals surface area contributed by atoms with Crippen molar-refractivity contribution in [1.82, 2.24) is 15.1 Å². The third-order valence-electron chi connectivity index (χ3n) is 4.22. The Balaban J connectivity index is 1.73. The molecule has 3 rings (SSSR count). The Morgan fingerprint density at radius 3 is 2.85 bits per heavy atom. The average Bonchev–Trinajstić information content (AvgIpc) is 3.33. The number of thiocarbonyl (C=S) groups is 1. The van der Waals surface area contributed by atoms with Crippen LogP contribution in [0.2, 0.25) is 0 Å². The summed E-state index contributed by atoms with van der Waals surface area (Å²) >= 11 is 7.20.